The van der Waals surface area contributed by atoms with Crippen molar-refractivity contribution in [3.8, 4) is 0 Å². The van der Waals surface area contributed by atoms with Gasteiger partial charge in [-0.05, 0) is 0 Å². The molecule has 1 radical (unpaired) electrons. The van der Waals surface area contributed by atoms with Crippen LogP contribution in [0.5, 0.6) is 0 Å². The summed E-state index contributed by atoms with van der Waals surface area (Å²) < 4.78 is 0. The minimum Gasteiger partial charge on any atom is -0.0810 e. The molecule has 0 amide bonds. The maximum Gasteiger partial charge on any atom is 0.0936 e. The van der Waals surface area contributed by atoms with E-state index >= 15 is 0 Å². The van der Waals surface area contributed by atoms with Gasteiger partial charge < -0.3 is 0 Å². The summed E-state index contributed by atoms with van der Waals surface area (Å²) in [7, 11) is 7.45. The summed E-state index contributed by atoms with van der Waals surface area (Å²) in [5.41, 5.74) is 0. The summed E-state index contributed by atoms with van der Waals surface area (Å²) in [5, 5.41) is 3.38. The Morgan fingerprint density at radius 2 is 1.83 bits per heavy atom. The number of rotatable bonds is 0. The van der Waals surface area contributed by atoms with Gasteiger partial charge in [0, 0.05) is 0 Å². The van der Waals surface area contributed by atoms with Gasteiger partial charge >= 0.3 is 0 Å². The first kappa shape index (κ1) is 5.54. The third-order valence-corrected chi connectivity index (χ3v) is 5.94. The Morgan fingerprint density at radius 1 is 1.17 bits per heavy atom. The second-order valence-electron chi connectivity index (χ2n) is 0.642. The third-order valence-electron chi connectivity index (χ3n) is 0.311. The highest BCUT2D eigenvalue weighted by molar-refractivity contribution is 8.93. The summed E-state index contributed by atoms with van der Waals surface area (Å²) in [6.45, 7) is 0. The van der Waals surface area contributed by atoms with Crippen molar-refractivity contribution < 1.29 is 0 Å². The highest BCUT2D eigenvalue weighted by Crippen LogP contribution is 2.45. The van der Waals surface area contributed by atoms with Crippen molar-refractivity contribution in [3.05, 3.63) is 5.08 Å². The van der Waals surface area contributed by atoms with Crippen molar-refractivity contribution in [2.75, 3.05) is 5.08 Å². The zero-order valence-corrected chi connectivity index (χ0v) is 6.18. The van der Waals surface area contributed by atoms with Gasteiger partial charge in [0.15, 0.2) is 0 Å². The smallest absolute Gasteiger partial charge is 0.0810 e. The maximum atomic E-state index is 2.15. The molecule has 0 nitrogen and oxygen atoms in total. The van der Waals surface area contributed by atoms with Crippen LogP contribution in [0.3, 0.4) is 0 Å². The van der Waals surface area contributed by atoms with E-state index in [1.54, 1.807) is 0 Å². The molecule has 0 bridgehead atoms. The van der Waals surface area contributed by atoms with E-state index < -0.39 is 0 Å². The van der Waals surface area contributed by atoms with Crippen molar-refractivity contribution in [2.45, 2.75) is 0 Å². The fourth-order valence-electron chi connectivity index (χ4n) is 0.147. The molecule has 0 aliphatic carbocycles. The van der Waals surface area contributed by atoms with Gasteiger partial charge in [-0.3, -0.25) is 0 Å². The molecule has 0 unspecified atom stereocenters. The molecule has 0 aromatic heterocycles. The van der Waals surface area contributed by atoms with E-state index in [-0.39, 0.29) is 0 Å². The topological polar surface area (TPSA) is 0 Å². The summed E-state index contributed by atoms with van der Waals surface area (Å²) in [5.74, 6) is 0. The van der Waals surface area contributed by atoms with Crippen LogP contribution in [0.2, 0.25) is 0 Å². The first-order chi connectivity index (χ1) is 3.00. The third kappa shape index (κ3) is 1.91. The summed E-state index contributed by atoms with van der Waals surface area (Å²) >= 11 is 0. The van der Waals surface area contributed by atoms with E-state index in [0.717, 1.165) is 0 Å². The van der Waals surface area contributed by atoms with Crippen molar-refractivity contribution in [2.24, 2.45) is 0 Å². The van der Waals surface area contributed by atoms with Gasteiger partial charge in [-0.1, -0.05) is 43.2 Å². The van der Waals surface area contributed by atoms with E-state index in [9.17, 15) is 0 Å². The summed E-state index contributed by atoms with van der Waals surface area (Å²) in [6.07, 6.45) is 0. The monoisotopic (exact) mass is 155 g/mol. The normalized spacial score (nSPS) is 24.0. The van der Waals surface area contributed by atoms with E-state index in [2.05, 4.69) is 5.08 Å². The van der Waals surface area contributed by atoms with Gasteiger partial charge in [-0.15, -0.1) is 0 Å². The molecule has 1 fully saturated rings. The number of hydrogen-bond acceptors (Lipinski definition) is 4. The zero-order valence-electron chi connectivity index (χ0n) is 2.92. The first-order valence-electron chi connectivity index (χ1n) is 1.38. The second kappa shape index (κ2) is 3.41. The Balaban J connectivity index is 2.00. The van der Waals surface area contributed by atoms with Gasteiger partial charge in [0.2, 0.25) is 0 Å². The molecule has 0 spiro atoms. The van der Waals surface area contributed by atoms with Crippen molar-refractivity contribution in [1.82, 2.24) is 0 Å². The highest BCUT2D eigenvalue weighted by Gasteiger charge is 1.98. The molecular formula is C2H3S4. The molecule has 1 rings (SSSR count). The Kier molecular flexibility index (Phi) is 3.14. The minimum atomic E-state index is 1.23. The molecule has 1 aliphatic rings. The predicted octanol–water partition coefficient (Wildman–Crippen LogP) is 2.84. The average Bonchev–Trinajstić information content (AvgIpc) is 1.72. The summed E-state index contributed by atoms with van der Waals surface area (Å²) in [4.78, 5) is 0. The van der Waals surface area contributed by atoms with E-state index in [1.165, 1.54) is 5.08 Å². The fraction of sp³-hybridized carbons (Fsp3) is 0.500. The molecule has 0 atom stereocenters. The Bertz CT molecular complexity index is 21.0. The molecular weight excluding hydrogens is 152 g/mol. The Hall–Kier alpha value is 1.40. The molecule has 1 saturated heterocycles. The largest absolute Gasteiger partial charge is 0.0936 e. The Labute approximate surface area is 53.4 Å². The minimum absolute atomic E-state index is 1.23. The van der Waals surface area contributed by atoms with Gasteiger partial charge in [0.05, 0.1) is 10.2 Å². The molecule has 4 heteroatoms. The van der Waals surface area contributed by atoms with Crippen molar-refractivity contribution >= 4 is 43.2 Å². The van der Waals surface area contributed by atoms with Crippen LogP contribution in [0.1, 0.15) is 0 Å². The molecule has 1 aliphatic heterocycles. The van der Waals surface area contributed by atoms with Crippen molar-refractivity contribution in [1.29, 1.82) is 0 Å². The van der Waals surface area contributed by atoms with Crippen LogP contribution in [-0.2, 0) is 0 Å². The van der Waals surface area contributed by atoms with Gasteiger partial charge in [-0.2, -0.15) is 0 Å². The lowest BCUT2D eigenvalue weighted by Crippen LogP contribution is -1.64. The lowest BCUT2D eigenvalue weighted by molar-refractivity contribution is 2.35. The zero-order chi connectivity index (χ0) is 4.24. The number of hydrogen-bond donors (Lipinski definition) is 0. The Morgan fingerprint density at radius 3 is 2.00 bits per heavy atom. The van der Waals surface area contributed by atoms with E-state index in [1.807, 2.05) is 43.2 Å². The van der Waals surface area contributed by atoms with Crippen LogP contribution in [0.25, 0.3) is 0 Å². The van der Waals surface area contributed by atoms with E-state index in [4.69, 9.17) is 0 Å². The molecule has 6 heavy (non-hydrogen) atoms. The quantitative estimate of drug-likeness (QED) is 0.493. The lowest BCUT2D eigenvalue weighted by atomic mass is 11.9. The molecule has 0 saturated carbocycles. The van der Waals surface area contributed by atoms with Crippen LogP contribution >= 0.6 is 43.2 Å². The standard InChI is InChI=1S/C2H3S4/c1-3-5-2-6-4-1/h1H,2H2. The maximum absolute atomic E-state index is 2.15. The van der Waals surface area contributed by atoms with Crippen LogP contribution in [0, 0.1) is 5.08 Å². The van der Waals surface area contributed by atoms with Gasteiger partial charge in [-0.25, -0.2) is 0 Å². The first-order valence-corrected chi connectivity index (χ1v) is 6.15. The molecule has 0 aromatic rings. The van der Waals surface area contributed by atoms with Crippen molar-refractivity contribution in [3.63, 3.8) is 0 Å². The summed E-state index contributed by atoms with van der Waals surface area (Å²) in [6, 6.07) is 0. The molecule has 0 N–H and O–H groups in total. The molecule has 1 heterocycles. The van der Waals surface area contributed by atoms with Crippen LogP contribution in [0.15, 0.2) is 0 Å². The average molecular weight is 155 g/mol. The SMILES string of the molecule is [CH]1SSCSS1. The fourth-order valence-corrected chi connectivity index (χ4v) is 5.89. The molecule has 35 valence electrons. The molecule has 0 aromatic carbocycles. The highest BCUT2D eigenvalue weighted by atomic mass is 33.2. The van der Waals surface area contributed by atoms with Gasteiger partial charge in [0.1, 0.15) is 0 Å². The van der Waals surface area contributed by atoms with Crippen LogP contribution < -0.4 is 0 Å². The lowest BCUT2D eigenvalue weighted by Gasteiger charge is -2.03. The van der Waals surface area contributed by atoms with Crippen LogP contribution in [0.4, 0.5) is 0 Å². The van der Waals surface area contributed by atoms with Gasteiger partial charge in [0.25, 0.3) is 0 Å². The van der Waals surface area contributed by atoms with Crippen LogP contribution in [-0.4, -0.2) is 5.08 Å². The van der Waals surface area contributed by atoms with E-state index in [0.29, 0.717) is 0 Å². The predicted molar refractivity (Wildman–Crippen MR) is 39.5 cm³/mol. The second-order valence-corrected chi connectivity index (χ2v) is 5.78.